The highest BCUT2D eigenvalue weighted by atomic mass is 19.3. The van der Waals surface area contributed by atoms with Crippen molar-refractivity contribution in [2.75, 3.05) is 34.5 Å². The van der Waals surface area contributed by atoms with Crippen LogP contribution in [0.25, 0.3) is 0 Å². The number of alkyl halides is 2. The topological polar surface area (TPSA) is 105 Å². The normalized spacial score (nSPS) is 13.4. The maximum Gasteiger partial charge on any atom is 0.387 e. The first-order chi connectivity index (χ1) is 15.9. The number of hydrogen-bond donors (Lipinski definition) is 1. The Morgan fingerprint density at radius 2 is 1.67 bits per heavy atom. The highest BCUT2D eigenvalue weighted by molar-refractivity contribution is 5.97. The van der Waals surface area contributed by atoms with Gasteiger partial charge in [0.1, 0.15) is 0 Å². The van der Waals surface area contributed by atoms with Gasteiger partial charge in [-0.25, -0.2) is 0 Å². The molecule has 1 aliphatic heterocycles. The largest absolute Gasteiger partial charge is 0.493 e. The molecule has 0 fully saturated rings. The SMILES string of the molecule is COc1cc2c(cc1OC)CN(C(=O)CON=C(N)c1ccc(OC(F)F)c(OC)c1)CC2. The number of amidine groups is 1. The number of oxime groups is 1. The van der Waals surface area contributed by atoms with Gasteiger partial charge in [-0.2, -0.15) is 8.78 Å². The van der Waals surface area contributed by atoms with Crippen LogP contribution in [0.1, 0.15) is 16.7 Å². The molecule has 0 saturated carbocycles. The molecule has 2 aromatic carbocycles. The molecule has 2 N–H and O–H groups in total. The van der Waals surface area contributed by atoms with E-state index in [-0.39, 0.29) is 29.8 Å². The second-order valence-electron chi connectivity index (χ2n) is 7.04. The van der Waals surface area contributed by atoms with Crippen LogP contribution in [0.5, 0.6) is 23.0 Å². The molecule has 9 nitrogen and oxygen atoms in total. The van der Waals surface area contributed by atoms with Crippen LogP contribution in [0.2, 0.25) is 0 Å². The molecule has 11 heteroatoms. The molecular formula is C22H25F2N3O6. The van der Waals surface area contributed by atoms with Crippen LogP contribution in [-0.4, -0.2) is 57.7 Å². The summed E-state index contributed by atoms with van der Waals surface area (Å²) in [5.41, 5.74) is 8.30. The molecule has 0 aromatic heterocycles. The molecule has 1 aliphatic rings. The van der Waals surface area contributed by atoms with Crippen LogP contribution in [-0.2, 0) is 22.6 Å². The van der Waals surface area contributed by atoms with Crippen LogP contribution in [0.4, 0.5) is 8.78 Å². The number of ether oxygens (including phenoxy) is 4. The van der Waals surface area contributed by atoms with E-state index >= 15 is 0 Å². The number of fused-ring (bicyclic) bond motifs is 1. The summed E-state index contributed by atoms with van der Waals surface area (Å²) >= 11 is 0. The number of carbonyl (C=O) groups is 1. The number of hydrogen-bond acceptors (Lipinski definition) is 7. The Bertz CT molecular complexity index is 1030. The van der Waals surface area contributed by atoms with E-state index in [1.54, 1.807) is 19.1 Å². The van der Waals surface area contributed by atoms with E-state index in [9.17, 15) is 13.6 Å². The zero-order chi connectivity index (χ0) is 24.0. The predicted octanol–water partition coefficient (Wildman–Crippen LogP) is 2.54. The van der Waals surface area contributed by atoms with Gasteiger partial charge in [0, 0.05) is 18.7 Å². The van der Waals surface area contributed by atoms with Gasteiger partial charge in [-0.3, -0.25) is 4.79 Å². The zero-order valence-electron chi connectivity index (χ0n) is 18.5. The molecule has 0 aliphatic carbocycles. The standard InChI is InChI=1S/C22H25F2N3O6/c1-29-17-9-14(4-5-16(17)33-22(23)24)21(25)26-32-12-20(28)27-7-6-13-8-18(30-2)19(31-3)10-15(13)11-27/h4-5,8-10,22H,6-7,11-12H2,1-3H3,(H2,25,26). The molecular weight excluding hydrogens is 440 g/mol. The lowest BCUT2D eigenvalue weighted by molar-refractivity contribution is -0.137. The van der Waals surface area contributed by atoms with E-state index in [1.807, 2.05) is 12.1 Å². The van der Waals surface area contributed by atoms with Crippen LogP contribution >= 0.6 is 0 Å². The number of benzene rings is 2. The first kappa shape index (κ1) is 23.9. The summed E-state index contributed by atoms with van der Waals surface area (Å²) in [4.78, 5) is 19.4. The van der Waals surface area contributed by atoms with E-state index in [0.717, 1.165) is 11.1 Å². The van der Waals surface area contributed by atoms with Gasteiger partial charge in [0.05, 0.1) is 21.3 Å². The summed E-state index contributed by atoms with van der Waals surface area (Å²) in [6.07, 6.45) is 0.666. The average Bonchev–Trinajstić information content (AvgIpc) is 2.82. The van der Waals surface area contributed by atoms with Gasteiger partial charge >= 0.3 is 6.61 Å². The summed E-state index contributed by atoms with van der Waals surface area (Å²) in [6, 6.07) is 7.86. The van der Waals surface area contributed by atoms with Gasteiger partial charge < -0.3 is 34.4 Å². The van der Waals surface area contributed by atoms with Crippen LogP contribution < -0.4 is 24.7 Å². The Labute approximate surface area is 189 Å². The summed E-state index contributed by atoms with van der Waals surface area (Å²) in [5, 5.41) is 3.76. The maximum atomic E-state index is 12.6. The molecule has 1 amide bonds. The second kappa shape index (κ2) is 10.7. The Balaban J connectivity index is 1.61. The van der Waals surface area contributed by atoms with E-state index in [2.05, 4.69) is 9.89 Å². The first-order valence-electron chi connectivity index (χ1n) is 9.96. The van der Waals surface area contributed by atoms with Crippen molar-refractivity contribution in [3.63, 3.8) is 0 Å². The Kier molecular flexibility index (Phi) is 7.75. The molecule has 3 rings (SSSR count). The van der Waals surface area contributed by atoms with E-state index in [4.69, 9.17) is 24.8 Å². The highest BCUT2D eigenvalue weighted by Crippen LogP contribution is 2.33. The van der Waals surface area contributed by atoms with Crippen LogP contribution in [0.15, 0.2) is 35.5 Å². The molecule has 0 unspecified atom stereocenters. The zero-order valence-corrected chi connectivity index (χ0v) is 18.5. The van der Waals surface area contributed by atoms with Gasteiger partial charge in [0.25, 0.3) is 5.91 Å². The molecule has 0 atom stereocenters. The number of nitrogens with zero attached hydrogens (tertiary/aromatic N) is 2. The fourth-order valence-electron chi connectivity index (χ4n) is 3.42. The van der Waals surface area contributed by atoms with Crippen molar-refractivity contribution in [1.82, 2.24) is 4.90 Å². The molecule has 0 bridgehead atoms. The number of nitrogens with two attached hydrogens (primary N) is 1. The third kappa shape index (κ3) is 5.73. The molecule has 33 heavy (non-hydrogen) atoms. The van der Waals surface area contributed by atoms with Crippen molar-refractivity contribution in [1.29, 1.82) is 0 Å². The van der Waals surface area contributed by atoms with Crippen molar-refractivity contribution in [3.05, 3.63) is 47.0 Å². The first-order valence-corrected chi connectivity index (χ1v) is 9.96. The van der Waals surface area contributed by atoms with Crippen molar-refractivity contribution in [3.8, 4) is 23.0 Å². The minimum absolute atomic E-state index is 0.0504. The summed E-state index contributed by atoms with van der Waals surface area (Å²) in [6.45, 7) is -2.38. The maximum absolute atomic E-state index is 12.6. The van der Waals surface area contributed by atoms with Crippen molar-refractivity contribution < 1.29 is 37.4 Å². The van der Waals surface area contributed by atoms with Gasteiger partial charge in [-0.15, -0.1) is 0 Å². The smallest absolute Gasteiger partial charge is 0.387 e. The predicted molar refractivity (Wildman–Crippen MR) is 115 cm³/mol. The fourth-order valence-corrected chi connectivity index (χ4v) is 3.42. The van der Waals surface area contributed by atoms with Gasteiger partial charge in [-0.05, 0) is 47.9 Å². The fraction of sp³-hybridized carbons (Fsp3) is 0.364. The minimum atomic E-state index is -2.99. The van der Waals surface area contributed by atoms with Gasteiger partial charge in [0.2, 0.25) is 0 Å². The van der Waals surface area contributed by atoms with E-state index < -0.39 is 6.61 Å². The van der Waals surface area contributed by atoms with E-state index in [0.29, 0.717) is 36.6 Å². The summed E-state index contributed by atoms with van der Waals surface area (Å²) in [7, 11) is 4.44. The monoisotopic (exact) mass is 465 g/mol. The lowest BCUT2D eigenvalue weighted by Crippen LogP contribution is -2.38. The number of carbonyl (C=O) groups excluding carboxylic acids is 1. The third-order valence-electron chi connectivity index (χ3n) is 5.10. The average molecular weight is 465 g/mol. The van der Waals surface area contributed by atoms with Crippen molar-refractivity contribution in [2.45, 2.75) is 19.6 Å². The Morgan fingerprint density at radius 1 is 1.03 bits per heavy atom. The van der Waals surface area contributed by atoms with Crippen LogP contribution in [0, 0.1) is 0 Å². The second-order valence-corrected chi connectivity index (χ2v) is 7.04. The minimum Gasteiger partial charge on any atom is -0.493 e. The Hall–Kier alpha value is -3.76. The lowest BCUT2D eigenvalue weighted by atomic mass is 9.99. The number of amides is 1. The third-order valence-corrected chi connectivity index (χ3v) is 5.10. The highest BCUT2D eigenvalue weighted by Gasteiger charge is 2.23. The lowest BCUT2D eigenvalue weighted by Gasteiger charge is -2.29. The molecule has 0 radical (unpaired) electrons. The molecule has 0 saturated heterocycles. The molecule has 2 aromatic rings. The Morgan fingerprint density at radius 3 is 2.30 bits per heavy atom. The molecule has 1 heterocycles. The quantitative estimate of drug-likeness (QED) is 0.345. The number of halogens is 2. The summed E-state index contributed by atoms with van der Waals surface area (Å²) < 4.78 is 45.0. The van der Waals surface area contributed by atoms with Gasteiger partial charge in [0.15, 0.2) is 35.4 Å². The van der Waals surface area contributed by atoms with E-state index in [1.165, 1.54) is 25.3 Å². The van der Waals surface area contributed by atoms with Crippen LogP contribution in [0.3, 0.4) is 0 Å². The summed E-state index contributed by atoms with van der Waals surface area (Å²) in [5.74, 6) is 0.853. The van der Waals surface area contributed by atoms with Gasteiger partial charge in [-0.1, -0.05) is 5.16 Å². The molecule has 178 valence electrons. The number of rotatable bonds is 9. The van der Waals surface area contributed by atoms with Crippen molar-refractivity contribution >= 4 is 11.7 Å². The number of methoxy groups -OCH3 is 3. The van der Waals surface area contributed by atoms with Crippen molar-refractivity contribution in [2.24, 2.45) is 10.9 Å². The molecule has 0 spiro atoms.